The topological polar surface area (TPSA) is 26.3 Å². The minimum Gasteiger partial charge on any atom is -0.496 e. The van der Waals surface area contributed by atoms with Crippen LogP contribution < -0.4 is 4.74 Å². The minimum atomic E-state index is 0.662. The van der Waals surface area contributed by atoms with Gasteiger partial charge in [-0.05, 0) is 40.5 Å². The van der Waals surface area contributed by atoms with Crippen molar-refractivity contribution in [2.45, 2.75) is 6.92 Å². The van der Waals surface area contributed by atoms with Crippen LogP contribution in [0.3, 0.4) is 0 Å². The summed E-state index contributed by atoms with van der Waals surface area (Å²) < 4.78 is 5.91. The van der Waals surface area contributed by atoms with Gasteiger partial charge in [0.25, 0.3) is 0 Å². The molecular formula is C9H9BrO2. The monoisotopic (exact) mass is 228 g/mol. The zero-order chi connectivity index (χ0) is 9.14. The fourth-order valence-electron chi connectivity index (χ4n) is 0.952. The van der Waals surface area contributed by atoms with Crippen molar-refractivity contribution in [1.82, 2.24) is 0 Å². The highest BCUT2D eigenvalue weighted by Gasteiger charge is 2.04. The molecule has 0 aromatic heterocycles. The second-order valence-electron chi connectivity index (χ2n) is 2.46. The average Bonchev–Trinajstić information content (AvgIpc) is 2.05. The molecule has 2 nitrogen and oxygen atoms in total. The van der Waals surface area contributed by atoms with Crippen molar-refractivity contribution in [2.75, 3.05) is 7.11 Å². The Morgan fingerprint density at radius 3 is 2.67 bits per heavy atom. The van der Waals surface area contributed by atoms with Crippen LogP contribution >= 0.6 is 15.9 Å². The Balaban J connectivity index is 3.26. The summed E-state index contributed by atoms with van der Waals surface area (Å²) in [4.78, 5) is 10.5. The molecule has 0 spiro atoms. The molecule has 1 aromatic rings. The van der Waals surface area contributed by atoms with Gasteiger partial charge in [-0.15, -0.1) is 0 Å². The maximum Gasteiger partial charge on any atom is 0.150 e. The van der Waals surface area contributed by atoms with E-state index in [2.05, 4.69) is 15.9 Å². The third kappa shape index (κ3) is 1.67. The second-order valence-corrected chi connectivity index (χ2v) is 3.32. The number of methoxy groups -OCH3 is 1. The summed E-state index contributed by atoms with van der Waals surface area (Å²) in [6.07, 6.45) is 0.824. The number of aryl methyl sites for hydroxylation is 1. The Hall–Kier alpha value is -0.830. The predicted molar refractivity (Wildman–Crippen MR) is 50.8 cm³/mol. The molecule has 1 aromatic carbocycles. The van der Waals surface area contributed by atoms with E-state index in [-0.39, 0.29) is 0 Å². The second kappa shape index (κ2) is 3.72. The third-order valence-electron chi connectivity index (χ3n) is 1.67. The van der Waals surface area contributed by atoms with Crippen LogP contribution in [0.4, 0.5) is 0 Å². The van der Waals surface area contributed by atoms with E-state index in [9.17, 15) is 4.79 Å². The van der Waals surface area contributed by atoms with E-state index < -0.39 is 0 Å². The highest BCUT2D eigenvalue weighted by molar-refractivity contribution is 9.10. The van der Waals surface area contributed by atoms with Gasteiger partial charge in [-0.1, -0.05) is 0 Å². The highest BCUT2D eigenvalue weighted by atomic mass is 79.9. The van der Waals surface area contributed by atoms with Crippen LogP contribution in [-0.2, 0) is 0 Å². The van der Waals surface area contributed by atoms with Gasteiger partial charge in [-0.2, -0.15) is 0 Å². The summed E-state index contributed by atoms with van der Waals surface area (Å²) in [5.74, 6) is 0.683. The zero-order valence-corrected chi connectivity index (χ0v) is 8.51. The standard InChI is InChI=1S/C9H9BrO2/c1-6-3-8(10)9(12-2)4-7(6)5-11/h3-5H,1-2H3. The fourth-order valence-corrected chi connectivity index (χ4v) is 1.57. The Bertz CT molecular complexity index is 308. The van der Waals surface area contributed by atoms with E-state index in [1.54, 1.807) is 13.2 Å². The van der Waals surface area contributed by atoms with E-state index in [1.807, 2.05) is 13.0 Å². The number of ether oxygens (including phenoxy) is 1. The molecule has 1 rings (SSSR count). The number of carbonyl (C=O) groups excluding carboxylic acids is 1. The van der Waals surface area contributed by atoms with Gasteiger partial charge >= 0.3 is 0 Å². The van der Waals surface area contributed by atoms with Crippen LogP contribution in [0.15, 0.2) is 16.6 Å². The molecule has 0 aliphatic rings. The fraction of sp³-hybridized carbons (Fsp3) is 0.222. The van der Waals surface area contributed by atoms with Crippen molar-refractivity contribution in [2.24, 2.45) is 0 Å². The molecular weight excluding hydrogens is 220 g/mol. The molecule has 0 radical (unpaired) electrons. The van der Waals surface area contributed by atoms with Gasteiger partial charge in [-0.25, -0.2) is 0 Å². The molecule has 0 amide bonds. The first-order valence-electron chi connectivity index (χ1n) is 3.48. The lowest BCUT2D eigenvalue weighted by molar-refractivity contribution is 0.112. The molecule has 0 unspecified atom stereocenters. The lowest BCUT2D eigenvalue weighted by Gasteiger charge is -2.05. The van der Waals surface area contributed by atoms with Crippen LogP contribution in [0.2, 0.25) is 0 Å². The van der Waals surface area contributed by atoms with E-state index in [0.29, 0.717) is 11.3 Å². The van der Waals surface area contributed by atoms with Gasteiger partial charge in [0.2, 0.25) is 0 Å². The largest absolute Gasteiger partial charge is 0.496 e. The summed E-state index contributed by atoms with van der Waals surface area (Å²) >= 11 is 3.33. The molecule has 0 N–H and O–H groups in total. The van der Waals surface area contributed by atoms with Gasteiger partial charge < -0.3 is 4.74 Å². The van der Waals surface area contributed by atoms with Crippen LogP contribution in [0.1, 0.15) is 15.9 Å². The molecule has 0 saturated heterocycles. The normalized spacial score (nSPS) is 9.58. The van der Waals surface area contributed by atoms with Crippen molar-refractivity contribution >= 4 is 22.2 Å². The molecule has 0 aliphatic heterocycles. The van der Waals surface area contributed by atoms with Crippen molar-refractivity contribution < 1.29 is 9.53 Å². The van der Waals surface area contributed by atoms with Gasteiger partial charge in [0.1, 0.15) is 12.0 Å². The number of halogens is 1. The number of carbonyl (C=O) groups is 1. The number of rotatable bonds is 2. The number of aldehydes is 1. The predicted octanol–water partition coefficient (Wildman–Crippen LogP) is 2.58. The molecule has 0 saturated carbocycles. The van der Waals surface area contributed by atoms with Crippen LogP contribution in [0.5, 0.6) is 5.75 Å². The highest BCUT2D eigenvalue weighted by Crippen LogP contribution is 2.27. The quantitative estimate of drug-likeness (QED) is 0.728. The van der Waals surface area contributed by atoms with Crippen LogP contribution in [-0.4, -0.2) is 13.4 Å². The van der Waals surface area contributed by atoms with Gasteiger partial charge in [0, 0.05) is 5.56 Å². The maximum atomic E-state index is 10.5. The number of benzene rings is 1. The lowest BCUT2D eigenvalue weighted by atomic mass is 10.1. The number of hydrogen-bond donors (Lipinski definition) is 0. The van der Waals surface area contributed by atoms with Gasteiger partial charge in [0.05, 0.1) is 11.6 Å². The first-order valence-corrected chi connectivity index (χ1v) is 4.27. The Labute approximate surface area is 79.7 Å². The van der Waals surface area contributed by atoms with Crippen molar-refractivity contribution in [3.63, 3.8) is 0 Å². The molecule has 0 bridgehead atoms. The smallest absolute Gasteiger partial charge is 0.150 e. The van der Waals surface area contributed by atoms with E-state index in [0.717, 1.165) is 16.3 Å². The van der Waals surface area contributed by atoms with Crippen molar-refractivity contribution in [3.05, 3.63) is 27.7 Å². The zero-order valence-electron chi connectivity index (χ0n) is 6.93. The molecule has 0 aliphatic carbocycles. The van der Waals surface area contributed by atoms with Crippen molar-refractivity contribution in [1.29, 1.82) is 0 Å². The summed E-state index contributed by atoms with van der Waals surface area (Å²) in [5, 5.41) is 0. The summed E-state index contributed by atoms with van der Waals surface area (Å²) in [6.45, 7) is 1.88. The summed E-state index contributed by atoms with van der Waals surface area (Å²) in [7, 11) is 1.57. The first kappa shape index (κ1) is 9.26. The van der Waals surface area contributed by atoms with Crippen LogP contribution in [0.25, 0.3) is 0 Å². The Morgan fingerprint density at radius 1 is 1.50 bits per heavy atom. The first-order chi connectivity index (χ1) is 5.69. The molecule has 3 heteroatoms. The average molecular weight is 229 g/mol. The molecule has 0 atom stereocenters. The summed E-state index contributed by atoms with van der Waals surface area (Å²) in [5.41, 5.74) is 1.60. The van der Waals surface area contributed by atoms with E-state index in [1.165, 1.54) is 0 Å². The number of hydrogen-bond acceptors (Lipinski definition) is 2. The van der Waals surface area contributed by atoms with E-state index in [4.69, 9.17) is 4.74 Å². The molecule has 12 heavy (non-hydrogen) atoms. The Morgan fingerprint density at radius 2 is 2.17 bits per heavy atom. The van der Waals surface area contributed by atoms with E-state index >= 15 is 0 Å². The SMILES string of the molecule is COc1cc(C=O)c(C)cc1Br. The van der Waals surface area contributed by atoms with Crippen molar-refractivity contribution in [3.8, 4) is 5.75 Å². The third-order valence-corrected chi connectivity index (χ3v) is 2.29. The molecule has 0 fully saturated rings. The maximum absolute atomic E-state index is 10.5. The Kier molecular flexibility index (Phi) is 2.87. The van der Waals surface area contributed by atoms with Gasteiger partial charge in [-0.3, -0.25) is 4.79 Å². The minimum absolute atomic E-state index is 0.662. The molecule has 0 heterocycles. The van der Waals surface area contributed by atoms with Crippen LogP contribution in [0, 0.1) is 6.92 Å². The summed E-state index contributed by atoms with van der Waals surface area (Å²) in [6, 6.07) is 3.58. The lowest BCUT2D eigenvalue weighted by Crippen LogP contribution is -1.90. The molecule has 64 valence electrons. The van der Waals surface area contributed by atoms with Gasteiger partial charge in [0.15, 0.2) is 0 Å².